The van der Waals surface area contributed by atoms with Crippen molar-refractivity contribution in [1.29, 1.82) is 0 Å². The molecule has 6 heteroatoms. The predicted octanol–water partition coefficient (Wildman–Crippen LogP) is 2.00. The quantitative estimate of drug-likeness (QED) is 0.135. The van der Waals surface area contributed by atoms with Gasteiger partial charge < -0.3 is 24.3 Å². The molecule has 0 radical (unpaired) electrons. The van der Waals surface area contributed by atoms with Gasteiger partial charge in [0.15, 0.2) is 0 Å². The number of carboxylic acid groups (broad SMARTS) is 2. The van der Waals surface area contributed by atoms with E-state index in [1.54, 1.807) is 0 Å². The summed E-state index contributed by atoms with van der Waals surface area (Å²) in [5.74, 6) is -2.45. The first-order valence-corrected chi connectivity index (χ1v) is 13.5. The molecular formula is C27H54NNaO4. The van der Waals surface area contributed by atoms with Crippen LogP contribution in [-0.2, 0) is 9.59 Å². The third kappa shape index (κ3) is 36.6. The third-order valence-electron chi connectivity index (χ3n) is 6.00. The summed E-state index contributed by atoms with van der Waals surface area (Å²) in [6, 6.07) is 0. The number of hydrogen-bond donors (Lipinski definition) is 0. The van der Waals surface area contributed by atoms with Gasteiger partial charge in [-0.2, -0.15) is 0 Å². The van der Waals surface area contributed by atoms with Gasteiger partial charge in [-0.3, -0.25) is 0 Å². The number of rotatable bonds is 22. The van der Waals surface area contributed by atoms with E-state index in [0.717, 1.165) is 0 Å². The number of hydrogen-bond acceptors (Lipinski definition) is 4. The Hall–Kier alpha value is -0.100. The smallest absolute Gasteiger partial charge is 0.550 e. The number of unbranched alkanes of at least 4 members (excludes halogenated alkanes) is 14. The first-order chi connectivity index (χ1) is 15.2. The van der Waals surface area contributed by atoms with Gasteiger partial charge in [0.1, 0.15) is 0 Å². The summed E-state index contributed by atoms with van der Waals surface area (Å²) in [5, 5.41) is 19.3. The largest absolute Gasteiger partial charge is 1.00 e. The molecule has 0 saturated carbocycles. The van der Waals surface area contributed by atoms with Crippen molar-refractivity contribution in [1.82, 2.24) is 0 Å². The Morgan fingerprint density at radius 2 is 0.788 bits per heavy atom. The van der Waals surface area contributed by atoms with E-state index >= 15 is 0 Å². The zero-order valence-electron chi connectivity index (χ0n) is 22.9. The van der Waals surface area contributed by atoms with Gasteiger partial charge in [0.05, 0.1) is 27.2 Å². The molecule has 0 amide bonds. The molecular weight excluding hydrogens is 425 g/mol. The van der Waals surface area contributed by atoms with Gasteiger partial charge in [-0.1, -0.05) is 90.9 Å². The normalized spacial score (nSPS) is 10.8. The average Bonchev–Trinajstić information content (AvgIpc) is 2.72. The van der Waals surface area contributed by atoms with E-state index in [9.17, 15) is 19.8 Å². The van der Waals surface area contributed by atoms with Crippen molar-refractivity contribution in [3.05, 3.63) is 0 Å². The third-order valence-corrected chi connectivity index (χ3v) is 6.00. The first-order valence-electron chi connectivity index (χ1n) is 13.5. The van der Waals surface area contributed by atoms with Crippen LogP contribution >= 0.6 is 0 Å². The molecule has 0 heterocycles. The molecule has 0 aliphatic carbocycles. The molecule has 0 atom stereocenters. The van der Waals surface area contributed by atoms with Gasteiger partial charge in [-0.25, -0.2) is 0 Å². The van der Waals surface area contributed by atoms with Crippen LogP contribution in [-0.4, -0.2) is 43.6 Å². The van der Waals surface area contributed by atoms with E-state index in [1.165, 1.54) is 120 Å². The molecule has 0 aromatic heterocycles. The SMILES string of the molecule is CCCCCCCCCC[N+](C)(C)CCCCCCCCCC.O=C([O-])CCCC(=O)[O-].[Na+]. The predicted molar refractivity (Wildman–Crippen MR) is 131 cm³/mol. The van der Waals surface area contributed by atoms with Crippen LogP contribution in [0.3, 0.4) is 0 Å². The Labute approximate surface area is 228 Å². The number of carbonyl (C=O) groups is 2. The van der Waals surface area contributed by atoms with Crippen molar-refractivity contribution in [3.63, 3.8) is 0 Å². The molecule has 0 spiro atoms. The molecule has 0 bridgehead atoms. The molecule has 0 fully saturated rings. The van der Waals surface area contributed by atoms with Crippen molar-refractivity contribution in [2.45, 2.75) is 136 Å². The van der Waals surface area contributed by atoms with Gasteiger partial charge in [-0.15, -0.1) is 0 Å². The molecule has 0 aliphatic rings. The summed E-state index contributed by atoms with van der Waals surface area (Å²) < 4.78 is 1.24. The zero-order valence-corrected chi connectivity index (χ0v) is 24.9. The van der Waals surface area contributed by atoms with E-state index in [2.05, 4.69) is 27.9 Å². The summed E-state index contributed by atoms with van der Waals surface area (Å²) in [6.45, 7) is 7.36. The molecule has 0 saturated heterocycles. The van der Waals surface area contributed by atoms with E-state index in [0.29, 0.717) is 0 Å². The van der Waals surface area contributed by atoms with Crippen molar-refractivity contribution in [2.75, 3.05) is 27.2 Å². The fourth-order valence-electron chi connectivity index (χ4n) is 3.84. The van der Waals surface area contributed by atoms with Crippen LogP contribution in [0.15, 0.2) is 0 Å². The fraction of sp³-hybridized carbons (Fsp3) is 0.926. The van der Waals surface area contributed by atoms with E-state index in [-0.39, 0.29) is 48.8 Å². The zero-order chi connectivity index (χ0) is 24.5. The molecule has 192 valence electrons. The van der Waals surface area contributed by atoms with Gasteiger partial charge in [-0.05, 0) is 44.9 Å². The maximum atomic E-state index is 9.66. The second kappa shape index (κ2) is 28.1. The minimum atomic E-state index is -1.23. The van der Waals surface area contributed by atoms with Crippen LogP contribution in [0.1, 0.15) is 136 Å². The molecule has 0 aromatic carbocycles. The molecule has 33 heavy (non-hydrogen) atoms. The maximum absolute atomic E-state index is 9.66. The summed E-state index contributed by atoms with van der Waals surface area (Å²) in [7, 11) is 4.87. The first kappa shape index (κ1) is 37.4. The summed E-state index contributed by atoms with van der Waals surface area (Å²) in [5.41, 5.74) is 0. The number of carbonyl (C=O) groups excluding carboxylic acids is 2. The van der Waals surface area contributed by atoms with Gasteiger partial charge >= 0.3 is 29.6 Å². The summed E-state index contributed by atoms with van der Waals surface area (Å²) in [4.78, 5) is 19.3. The molecule has 0 rings (SSSR count). The van der Waals surface area contributed by atoms with Gasteiger partial charge in [0.2, 0.25) is 0 Å². The monoisotopic (exact) mass is 479 g/mol. The van der Waals surface area contributed by atoms with Crippen LogP contribution in [0.2, 0.25) is 0 Å². The number of carboxylic acids is 2. The summed E-state index contributed by atoms with van der Waals surface area (Å²) in [6.07, 6.45) is 22.7. The van der Waals surface area contributed by atoms with E-state index in [4.69, 9.17) is 0 Å². The standard InChI is InChI=1S/C22H48N.C5H8O4.Na/c1-5-7-9-11-13-15-17-19-21-23(3,4)22-20-18-16-14-12-10-8-6-2;6-4(7)2-1-3-5(8)9;/h5-22H2,1-4H3;1-3H2,(H,6,7)(H,8,9);/q+1;;+1/p-2. The Morgan fingerprint density at radius 3 is 1.06 bits per heavy atom. The van der Waals surface area contributed by atoms with Crippen molar-refractivity contribution >= 4 is 11.9 Å². The van der Waals surface area contributed by atoms with Crippen LogP contribution in [0.25, 0.3) is 0 Å². The molecule has 5 nitrogen and oxygen atoms in total. The minimum Gasteiger partial charge on any atom is -0.550 e. The van der Waals surface area contributed by atoms with Gasteiger partial charge in [0.25, 0.3) is 0 Å². The Kier molecular flexibility index (Phi) is 31.9. The second-order valence-electron chi connectivity index (χ2n) is 9.93. The van der Waals surface area contributed by atoms with Crippen LogP contribution < -0.4 is 39.8 Å². The van der Waals surface area contributed by atoms with Crippen LogP contribution in [0.5, 0.6) is 0 Å². The second-order valence-corrected chi connectivity index (χ2v) is 9.93. The van der Waals surface area contributed by atoms with Crippen molar-refractivity contribution < 1.29 is 53.8 Å². The average molecular weight is 480 g/mol. The van der Waals surface area contributed by atoms with Crippen molar-refractivity contribution in [3.8, 4) is 0 Å². The van der Waals surface area contributed by atoms with E-state index < -0.39 is 11.9 Å². The Bertz CT molecular complexity index is 394. The van der Waals surface area contributed by atoms with Crippen LogP contribution in [0, 0.1) is 0 Å². The Balaban J connectivity index is -0.000000760. The Morgan fingerprint density at radius 1 is 0.515 bits per heavy atom. The fourth-order valence-corrected chi connectivity index (χ4v) is 3.84. The molecule has 0 aliphatic heterocycles. The van der Waals surface area contributed by atoms with Gasteiger partial charge in [0, 0.05) is 11.9 Å². The topological polar surface area (TPSA) is 80.3 Å². The number of nitrogens with zero attached hydrogens (tertiary/aromatic N) is 1. The van der Waals surface area contributed by atoms with Crippen molar-refractivity contribution in [2.24, 2.45) is 0 Å². The number of quaternary nitrogens is 1. The number of aliphatic carboxylic acids is 2. The van der Waals surface area contributed by atoms with E-state index in [1.807, 2.05) is 0 Å². The summed E-state index contributed by atoms with van der Waals surface area (Å²) >= 11 is 0. The molecule has 0 unspecified atom stereocenters. The van der Waals surface area contributed by atoms with Crippen LogP contribution in [0.4, 0.5) is 0 Å². The molecule has 0 N–H and O–H groups in total. The molecule has 0 aromatic rings. The minimum absolute atomic E-state index is 0. The maximum Gasteiger partial charge on any atom is 1.00 e.